The molecule has 0 radical (unpaired) electrons. The van der Waals surface area contributed by atoms with Gasteiger partial charge in [-0.2, -0.15) is 0 Å². The van der Waals surface area contributed by atoms with Gasteiger partial charge in [0.1, 0.15) is 5.82 Å². The number of aromatic nitrogens is 3. The third-order valence-corrected chi connectivity index (χ3v) is 5.50. The van der Waals surface area contributed by atoms with Crippen LogP contribution in [0.1, 0.15) is 0 Å². The lowest BCUT2D eigenvalue weighted by atomic mass is 10.2. The molecule has 6 rings (SSSR count). The van der Waals surface area contributed by atoms with Gasteiger partial charge < -0.3 is 9.55 Å². The summed E-state index contributed by atoms with van der Waals surface area (Å²) in [5.74, 6) is -1.22. The molecule has 0 aliphatic rings. The Morgan fingerprint density at radius 2 is 1.30 bits per heavy atom. The Bertz CT molecular complexity index is 1470. The normalized spacial score (nSPS) is 11.7. The zero-order chi connectivity index (χ0) is 20.2. The number of imidazole rings is 1. The molecule has 3 nitrogen and oxygen atoms in total. The van der Waals surface area contributed by atoms with Crippen LogP contribution in [0.4, 0.5) is 8.78 Å². The van der Waals surface area contributed by atoms with Crippen molar-refractivity contribution in [3.8, 4) is 17.1 Å². The van der Waals surface area contributed by atoms with Crippen LogP contribution in [0.25, 0.3) is 49.9 Å². The number of H-pyrrole nitrogens is 1. The van der Waals surface area contributed by atoms with Gasteiger partial charge in [0.25, 0.3) is 0 Å². The van der Waals surface area contributed by atoms with E-state index in [0.717, 1.165) is 34.4 Å². The molecule has 0 atom stereocenters. The van der Waals surface area contributed by atoms with Crippen molar-refractivity contribution in [2.75, 3.05) is 0 Å². The van der Waals surface area contributed by atoms with E-state index in [9.17, 15) is 8.78 Å². The van der Waals surface area contributed by atoms with Crippen molar-refractivity contribution in [3.05, 3.63) is 96.6 Å². The van der Waals surface area contributed by atoms with Crippen LogP contribution in [0, 0.1) is 11.6 Å². The Kier molecular flexibility index (Phi) is 3.53. The number of para-hydroxylation sites is 2. The number of fused-ring (bicyclic) bond motifs is 4. The van der Waals surface area contributed by atoms with Crippen molar-refractivity contribution in [1.29, 1.82) is 0 Å². The summed E-state index contributed by atoms with van der Waals surface area (Å²) >= 11 is 0. The second-order valence-corrected chi connectivity index (χ2v) is 7.29. The van der Waals surface area contributed by atoms with E-state index < -0.39 is 11.6 Å². The number of halogens is 2. The highest BCUT2D eigenvalue weighted by atomic mass is 19.2. The average Bonchev–Trinajstić information content (AvgIpc) is 3.33. The lowest BCUT2D eigenvalue weighted by Crippen LogP contribution is -1.93. The standard InChI is InChI=1S/C25H15F2N3/c26-19-13-21-22(14-20(19)27)29-25(28-21)15-9-11-16(12-10-15)30-23-7-3-1-5-17(23)18-6-2-4-8-24(18)30/h1-14H,(H,28,29). The first-order chi connectivity index (χ1) is 14.7. The summed E-state index contributed by atoms with van der Waals surface area (Å²) in [5.41, 5.74) is 5.02. The van der Waals surface area contributed by atoms with E-state index in [0.29, 0.717) is 16.9 Å². The van der Waals surface area contributed by atoms with E-state index in [1.165, 1.54) is 10.8 Å². The molecule has 1 N–H and O–H groups in total. The topological polar surface area (TPSA) is 33.6 Å². The van der Waals surface area contributed by atoms with Crippen LogP contribution in [-0.2, 0) is 0 Å². The van der Waals surface area contributed by atoms with Gasteiger partial charge in [0.2, 0.25) is 0 Å². The highest BCUT2D eigenvalue weighted by Crippen LogP contribution is 2.32. The van der Waals surface area contributed by atoms with Crippen molar-refractivity contribution in [3.63, 3.8) is 0 Å². The fraction of sp³-hybridized carbons (Fsp3) is 0. The van der Waals surface area contributed by atoms with Crippen LogP contribution in [-0.4, -0.2) is 14.5 Å². The molecule has 0 bridgehead atoms. The molecule has 0 spiro atoms. The van der Waals surface area contributed by atoms with Gasteiger partial charge >= 0.3 is 0 Å². The lowest BCUT2D eigenvalue weighted by molar-refractivity contribution is 0.510. The SMILES string of the molecule is Fc1cc2nc(-c3ccc(-n4c5ccccc5c5ccccc54)cc3)[nH]c2cc1F. The van der Waals surface area contributed by atoms with Crippen molar-refractivity contribution in [1.82, 2.24) is 14.5 Å². The number of nitrogens with one attached hydrogen (secondary N) is 1. The number of nitrogens with zero attached hydrogens (tertiary/aromatic N) is 2. The predicted octanol–water partition coefficient (Wildman–Crippen LogP) is 6.61. The third-order valence-electron chi connectivity index (χ3n) is 5.50. The summed E-state index contributed by atoms with van der Waals surface area (Å²) in [4.78, 5) is 7.48. The van der Waals surface area contributed by atoms with E-state index in [-0.39, 0.29) is 0 Å². The number of aromatic amines is 1. The van der Waals surface area contributed by atoms with Crippen LogP contribution in [0.5, 0.6) is 0 Å². The molecule has 0 saturated carbocycles. The second-order valence-electron chi connectivity index (χ2n) is 7.29. The Morgan fingerprint density at radius 3 is 1.97 bits per heavy atom. The molecule has 30 heavy (non-hydrogen) atoms. The van der Waals surface area contributed by atoms with Gasteiger partial charge in [-0.1, -0.05) is 36.4 Å². The Morgan fingerprint density at radius 1 is 0.700 bits per heavy atom. The number of benzene rings is 4. The Hall–Kier alpha value is -3.99. The maximum absolute atomic E-state index is 13.5. The van der Waals surface area contributed by atoms with Gasteiger partial charge in [-0.15, -0.1) is 0 Å². The van der Waals surface area contributed by atoms with Crippen LogP contribution < -0.4 is 0 Å². The van der Waals surface area contributed by atoms with Gasteiger partial charge in [-0.3, -0.25) is 0 Å². The lowest BCUT2D eigenvalue weighted by Gasteiger charge is -2.08. The number of hydrogen-bond acceptors (Lipinski definition) is 1. The Labute approximate surface area is 170 Å². The second kappa shape index (κ2) is 6.26. The highest BCUT2D eigenvalue weighted by molar-refractivity contribution is 6.09. The maximum Gasteiger partial charge on any atom is 0.161 e. The molecule has 5 heteroatoms. The molecule has 2 aromatic heterocycles. The molecule has 0 aliphatic heterocycles. The molecule has 144 valence electrons. The average molecular weight is 395 g/mol. The van der Waals surface area contributed by atoms with Crippen LogP contribution in [0.15, 0.2) is 84.9 Å². The molecule has 6 aromatic rings. The van der Waals surface area contributed by atoms with Crippen LogP contribution in [0.3, 0.4) is 0 Å². The molecule has 4 aromatic carbocycles. The smallest absolute Gasteiger partial charge is 0.161 e. The fourth-order valence-electron chi connectivity index (χ4n) is 4.11. The van der Waals surface area contributed by atoms with Gasteiger partial charge in [0.15, 0.2) is 11.6 Å². The van der Waals surface area contributed by atoms with Gasteiger partial charge in [-0.05, 0) is 36.4 Å². The molecular weight excluding hydrogens is 380 g/mol. The molecule has 0 unspecified atom stereocenters. The van der Waals surface area contributed by atoms with E-state index in [2.05, 4.69) is 50.9 Å². The minimum atomic E-state index is -0.901. The zero-order valence-corrected chi connectivity index (χ0v) is 15.7. The van der Waals surface area contributed by atoms with E-state index in [4.69, 9.17) is 0 Å². The Balaban J connectivity index is 1.49. The van der Waals surface area contributed by atoms with Crippen LogP contribution in [0.2, 0.25) is 0 Å². The summed E-state index contributed by atoms with van der Waals surface area (Å²) in [5, 5.41) is 2.41. The van der Waals surface area contributed by atoms with E-state index in [1.807, 2.05) is 36.4 Å². The molecular formula is C25H15F2N3. The zero-order valence-electron chi connectivity index (χ0n) is 15.7. The first kappa shape index (κ1) is 16.9. The maximum atomic E-state index is 13.5. The highest BCUT2D eigenvalue weighted by Gasteiger charge is 2.13. The van der Waals surface area contributed by atoms with Crippen LogP contribution >= 0.6 is 0 Å². The first-order valence-electron chi connectivity index (χ1n) is 9.63. The minimum Gasteiger partial charge on any atom is -0.338 e. The predicted molar refractivity (Wildman–Crippen MR) is 116 cm³/mol. The number of hydrogen-bond donors (Lipinski definition) is 1. The third kappa shape index (κ3) is 2.45. The summed E-state index contributed by atoms with van der Waals surface area (Å²) < 4.78 is 29.2. The summed E-state index contributed by atoms with van der Waals surface area (Å²) in [6, 6.07) is 26.9. The summed E-state index contributed by atoms with van der Waals surface area (Å²) in [7, 11) is 0. The summed E-state index contributed by atoms with van der Waals surface area (Å²) in [6.07, 6.45) is 0. The van der Waals surface area contributed by atoms with E-state index >= 15 is 0 Å². The molecule has 2 heterocycles. The van der Waals surface area contributed by atoms with Crippen molar-refractivity contribution >= 4 is 32.8 Å². The minimum absolute atomic E-state index is 0.398. The van der Waals surface area contributed by atoms with Gasteiger partial charge in [0.05, 0.1) is 22.1 Å². The fourth-order valence-corrected chi connectivity index (χ4v) is 4.11. The molecule has 0 aliphatic carbocycles. The van der Waals surface area contributed by atoms with E-state index in [1.54, 1.807) is 0 Å². The molecule has 0 fully saturated rings. The monoisotopic (exact) mass is 395 g/mol. The first-order valence-corrected chi connectivity index (χ1v) is 9.63. The number of rotatable bonds is 2. The van der Waals surface area contributed by atoms with Crippen molar-refractivity contribution in [2.24, 2.45) is 0 Å². The quantitative estimate of drug-likeness (QED) is 0.352. The van der Waals surface area contributed by atoms with Crippen molar-refractivity contribution in [2.45, 2.75) is 0 Å². The molecule has 0 saturated heterocycles. The van der Waals surface area contributed by atoms with Gasteiger partial charge in [0, 0.05) is 34.2 Å². The summed E-state index contributed by atoms with van der Waals surface area (Å²) in [6.45, 7) is 0. The molecule has 0 amide bonds. The van der Waals surface area contributed by atoms with Gasteiger partial charge in [-0.25, -0.2) is 13.8 Å². The van der Waals surface area contributed by atoms with Crippen molar-refractivity contribution < 1.29 is 8.78 Å². The largest absolute Gasteiger partial charge is 0.338 e.